The van der Waals surface area contributed by atoms with E-state index in [0.29, 0.717) is 37.8 Å². The molecular formula is C18H17N7O3. The van der Waals surface area contributed by atoms with Crippen LogP contribution in [0.25, 0.3) is 5.82 Å². The maximum atomic E-state index is 12.7. The Kier molecular flexibility index (Phi) is 4.67. The number of nitrogens with zero attached hydrogens (tertiary/aromatic N) is 7. The number of anilines is 1. The van der Waals surface area contributed by atoms with Gasteiger partial charge in [0, 0.05) is 44.6 Å². The number of aromatic nitrogens is 4. The Hall–Kier alpha value is -3.82. The van der Waals surface area contributed by atoms with Crippen molar-refractivity contribution < 1.29 is 9.72 Å². The molecule has 10 heteroatoms. The molecule has 0 radical (unpaired) electrons. The summed E-state index contributed by atoms with van der Waals surface area (Å²) in [5.74, 6) is 1.01. The van der Waals surface area contributed by atoms with Crippen LogP contribution in [-0.4, -0.2) is 61.9 Å². The number of nitro groups is 1. The van der Waals surface area contributed by atoms with E-state index in [9.17, 15) is 14.9 Å². The normalized spacial score (nSPS) is 14.1. The highest BCUT2D eigenvalue weighted by Crippen LogP contribution is 2.21. The summed E-state index contributed by atoms with van der Waals surface area (Å²) in [5, 5.41) is 23.7. The van der Waals surface area contributed by atoms with Gasteiger partial charge in [0.05, 0.1) is 4.92 Å². The van der Waals surface area contributed by atoms with Crippen molar-refractivity contribution in [1.82, 2.24) is 24.9 Å². The average Bonchev–Trinajstić information content (AvgIpc) is 3.28. The van der Waals surface area contributed by atoms with Crippen LogP contribution in [0.15, 0.2) is 54.9 Å². The van der Waals surface area contributed by atoms with E-state index in [1.165, 1.54) is 12.1 Å². The number of para-hydroxylation sites is 1. The number of rotatable bonds is 4. The zero-order valence-corrected chi connectivity index (χ0v) is 14.9. The topological polar surface area (TPSA) is 110 Å². The molecule has 1 amide bonds. The standard InChI is InChI=1S/C18H17N7O3/c26-18(14-4-1-2-5-15(14)25(27)28)23-12-10-22(11-13-23)16-6-7-17(21-20-16)24-9-3-8-19-24/h1-9H,10-13H2. The third-order valence-electron chi connectivity index (χ3n) is 4.60. The van der Waals surface area contributed by atoms with Gasteiger partial charge in [-0.05, 0) is 24.3 Å². The van der Waals surface area contributed by atoms with Crippen LogP contribution in [-0.2, 0) is 0 Å². The largest absolute Gasteiger partial charge is 0.352 e. The summed E-state index contributed by atoms with van der Waals surface area (Å²) in [7, 11) is 0. The van der Waals surface area contributed by atoms with E-state index >= 15 is 0 Å². The van der Waals surface area contributed by atoms with Gasteiger partial charge < -0.3 is 9.80 Å². The van der Waals surface area contributed by atoms with E-state index in [2.05, 4.69) is 15.3 Å². The number of nitro benzene ring substituents is 1. The molecule has 28 heavy (non-hydrogen) atoms. The molecule has 0 saturated carbocycles. The number of piperazine rings is 1. The second-order valence-electron chi connectivity index (χ2n) is 6.25. The number of amides is 1. The maximum Gasteiger partial charge on any atom is 0.282 e. The first kappa shape index (κ1) is 17.6. The zero-order valence-electron chi connectivity index (χ0n) is 14.9. The van der Waals surface area contributed by atoms with Crippen LogP contribution in [0.2, 0.25) is 0 Å². The van der Waals surface area contributed by atoms with Crippen LogP contribution in [0, 0.1) is 10.1 Å². The van der Waals surface area contributed by atoms with Gasteiger partial charge in [-0.25, -0.2) is 4.68 Å². The van der Waals surface area contributed by atoms with Crippen molar-refractivity contribution in [2.75, 3.05) is 31.1 Å². The lowest BCUT2D eigenvalue weighted by Gasteiger charge is -2.35. The summed E-state index contributed by atoms with van der Waals surface area (Å²) in [6.45, 7) is 2.05. The Morgan fingerprint density at radius 3 is 2.32 bits per heavy atom. The van der Waals surface area contributed by atoms with E-state index in [1.54, 1.807) is 34.1 Å². The third kappa shape index (κ3) is 3.39. The number of hydrogen-bond acceptors (Lipinski definition) is 7. The summed E-state index contributed by atoms with van der Waals surface area (Å²) in [6.07, 6.45) is 3.46. The molecule has 10 nitrogen and oxygen atoms in total. The molecule has 0 N–H and O–H groups in total. The van der Waals surface area contributed by atoms with E-state index < -0.39 is 4.92 Å². The van der Waals surface area contributed by atoms with Crippen molar-refractivity contribution in [3.8, 4) is 5.82 Å². The Morgan fingerprint density at radius 1 is 0.964 bits per heavy atom. The minimum atomic E-state index is -0.528. The summed E-state index contributed by atoms with van der Waals surface area (Å²) < 4.78 is 1.63. The van der Waals surface area contributed by atoms with Crippen molar-refractivity contribution in [1.29, 1.82) is 0 Å². The molecule has 0 atom stereocenters. The Bertz CT molecular complexity index is 981. The lowest BCUT2D eigenvalue weighted by Crippen LogP contribution is -2.49. The molecule has 1 aromatic carbocycles. The Morgan fingerprint density at radius 2 is 1.68 bits per heavy atom. The van der Waals surface area contributed by atoms with Gasteiger partial charge in [0.1, 0.15) is 5.56 Å². The van der Waals surface area contributed by atoms with Gasteiger partial charge >= 0.3 is 0 Å². The highest BCUT2D eigenvalue weighted by Gasteiger charge is 2.27. The van der Waals surface area contributed by atoms with Gasteiger partial charge in [0.25, 0.3) is 11.6 Å². The van der Waals surface area contributed by atoms with Crippen LogP contribution in [0.4, 0.5) is 11.5 Å². The van der Waals surface area contributed by atoms with Gasteiger partial charge in [-0.15, -0.1) is 10.2 Å². The quantitative estimate of drug-likeness (QED) is 0.499. The monoisotopic (exact) mass is 379 g/mol. The SMILES string of the molecule is O=C(c1ccccc1[N+](=O)[O-])N1CCN(c2ccc(-n3cccn3)nn2)CC1. The highest BCUT2D eigenvalue weighted by molar-refractivity contribution is 5.98. The van der Waals surface area contributed by atoms with Crippen LogP contribution < -0.4 is 4.90 Å². The molecule has 3 aromatic rings. The molecule has 1 aliphatic heterocycles. The van der Waals surface area contributed by atoms with Crippen LogP contribution in [0.3, 0.4) is 0 Å². The first-order chi connectivity index (χ1) is 13.6. The summed E-state index contributed by atoms with van der Waals surface area (Å²) in [5.41, 5.74) is -0.0562. The van der Waals surface area contributed by atoms with Crippen molar-refractivity contribution in [2.45, 2.75) is 0 Å². The molecule has 1 fully saturated rings. The van der Waals surface area contributed by atoms with Gasteiger partial charge in [0.15, 0.2) is 11.6 Å². The van der Waals surface area contributed by atoms with Crippen molar-refractivity contribution >= 4 is 17.4 Å². The van der Waals surface area contributed by atoms with E-state index in [-0.39, 0.29) is 17.2 Å². The lowest BCUT2D eigenvalue weighted by atomic mass is 10.1. The molecule has 3 heterocycles. The predicted molar refractivity (Wildman–Crippen MR) is 100 cm³/mol. The summed E-state index contributed by atoms with van der Waals surface area (Å²) in [6, 6.07) is 11.5. The number of carbonyl (C=O) groups excluding carboxylic acids is 1. The van der Waals surface area contributed by atoms with Gasteiger partial charge in [-0.3, -0.25) is 14.9 Å². The third-order valence-corrected chi connectivity index (χ3v) is 4.60. The van der Waals surface area contributed by atoms with Gasteiger partial charge in [0.2, 0.25) is 0 Å². The van der Waals surface area contributed by atoms with Crippen LogP contribution in [0.1, 0.15) is 10.4 Å². The molecule has 0 aliphatic carbocycles. The molecule has 1 saturated heterocycles. The smallest absolute Gasteiger partial charge is 0.282 e. The Labute approximate surface area is 160 Å². The van der Waals surface area contributed by atoms with Gasteiger partial charge in [-0.1, -0.05) is 12.1 Å². The van der Waals surface area contributed by atoms with Crippen molar-refractivity contribution in [2.24, 2.45) is 0 Å². The lowest BCUT2D eigenvalue weighted by molar-refractivity contribution is -0.385. The molecule has 1 aliphatic rings. The van der Waals surface area contributed by atoms with E-state index in [4.69, 9.17) is 0 Å². The minimum absolute atomic E-state index is 0.115. The molecular weight excluding hydrogens is 362 g/mol. The van der Waals surface area contributed by atoms with Crippen LogP contribution >= 0.6 is 0 Å². The fourth-order valence-corrected chi connectivity index (χ4v) is 3.14. The van der Waals surface area contributed by atoms with Crippen LogP contribution in [0.5, 0.6) is 0 Å². The minimum Gasteiger partial charge on any atom is -0.352 e. The number of benzene rings is 1. The Balaban J connectivity index is 1.42. The van der Waals surface area contributed by atoms with Gasteiger partial charge in [-0.2, -0.15) is 5.10 Å². The maximum absolute atomic E-state index is 12.7. The highest BCUT2D eigenvalue weighted by atomic mass is 16.6. The van der Waals surface area contributed by atoms with Crippen molar-refractivity contribution in [3.05, 3.63) is 70.5 Å². The second-order valence-corrected chi connectivity index (χ2v) is 6.25. The molecule has 2 aromatic heterocycles. The summed E-state index contributed by atoms with van der Waals surface area (Å²) >= 11 is 0. The number of hydrogen-bond donors (Lipinski definition) is 0. The predicted octanol–water partition coefficient (Wildman–Crippen LogP) is 1.53. The van der Waals surface area contributed by atoms with E-state index in [0.717, 1.165) is 0 Å². The molecule has 0 unspecified atom stereocenters. The van der Waals surface area contributed by atoms with Crippen molar-refractivity contribution in [3.63, 3.8) is 0 Å². The molecule has 4 rings (SSSR count). The molecule has 0 spiro atoms. The fraction of sp³-hybridized carbons (Fsp3) is 0.222. The zero-order chi connectivity index (χ0) is 19.5. The average molecular weight is 379 g/mol. The first-order valence-electron chi connectivity index (χ1n) is 8.75. The summed E-state index contributed by atoms with van der Waals surface area (Å²) in [4.78, 5) is 27.0. The fourth-order valence-electron chi connectivity index (χ4n) is 3.14. The molecule has 0 bridgehead atoms. The molecule has 142 valence electrons. The second kappa shape index (κ2) is 7.43. The number of carbonyl (C=O) groups is 1. The first-order valence-corrected chi connectivity index (χ1v) is 8.75. The van der Waals surface area contributed by atoms with E-state index in [1.807, 2.05) is 23.1 Å².